The van der Waals surface area contributed by atoms with Crippen LogP contribution in [0.1, 0.15) is 25.8 Å². The molecule has 1 aliphatic rings. The molecule has 1 aliphatic heterocycles. The first-order valence-corrected chi connectivity index (χ1v) is 6.06. The lowest BCUT2D eigenvalue weighted by atomic mass is 10.0. The van der Waals surface area contributed by atoms with Crippen molar-refractivity contribution >= 4 is 11.7 Å². The van der Waals surface area contributed by atoms with E-state index in [4.69, 9.17) is 0 Å². The molecule has 0 aromatic heterocycles. The van der Waals surface area contributed by atoms with E-state index in [1.54, 1.807) is 13.8 Å². The van der Waals surface area contributed by atoms with E-state index >= 15 is 0 Å². The molecule has 0 N–H and O–H groups in total. The van der Waals surface area contributed by atoms with Gasteiger partial charge in [-0.3, -0.25) is 9.59 Å². The molecule has 5 heteroatoms. The Morgan fingerprint density at radius 3 is 2.63 bits per heavy atom. The van der Waals surface area contributed by atoms with Crippen LogP contribution in [0, 0.1) is 11.6 Å². The molecule has 0 unspecified atom stereocenters. The smallest absolute Gasteiger partial charge is 0.227 e. The zero-order chi connectivity index (χ0) is 14.2. The number of carbonyl (C=O) groups is 2. The highest BCUT2D eigenvalue weighted by Gasteiger charge is 2.40. The van der Waals surface area contributed by atoms with Gasteiger partial charge in [-0.2, -0.15) is 0 Å². The number of amides is 1. The second kappa shape index (κ2) is 4.72. The second-order valence-corrected chi connectivity index (χ2v) is 5.42. The third-order valence-electron chi connectivity index (χ3n) is 3.35. The number of hydrogen-bond acceptors (Lipinski definition) is 2. The molecule has 0 atom stereocenters. The largest absolute Gasteiger partial charge is 0.330 e. The lowest BCUT2D eigenvalue weighted by molar-refractivity contribution is -0.134. The molecule has 1 heterocycles. The fourth-order valence-corrected chi connectivity index (χ4v) is 2.39. The average Bonchev–Trinajstić information content (AvgIpc) is 2.57. The average molecular weight is 267 g/mol. The maximum atomic E-state index is 13.5. The predicted molar refractivity (Wildman–Crippen MR) is 65.5 cm³/mol. The third-order valence-corrected chi connectivity index (χ3v) is 3.35. The Morgan fingerprint density at radius 2 is 2.05 bits per heavy atom. The quantitative estimate of drug-likeness (QED) is 0.822. The Labute approximate surface area is 110 Å². The summed E-state index contributed by atoms with van der Waals surface area (Å²) in [5.41, 5.74) is -0.544. The van der Waals surface area contributed by atoms with Gasteiger partial charge in [-0.15, -0.1) is 0 Å². The first-order valence-electron chi connectivity index (χ1n) is 6.06. The van der Waals surface area contributed by atoms with Crippen molar-refractivity contribution in [2.75, 3.05) is 6.54 Å². The highest BCUT2D eigenvalue weighted by atomic mass is 19.1. The van der Waals surface area contributed by atoms with Crippen molar-refractivity contribution in [1.29, 1.82) is 0 Å². The minimum atomic E-state index is -0.613. The van der Waals surface area contributed by atoms with E-state index in [1.807, 2.05) is 0 Å². The number of likely N-dealkylation sites (tertiary alicyclic amines) is 1. The van der Waals surface area contributed by atoms with Crippen molar-refractivity contribution in [1.82, 2.24) is 4.90 Å². The van der Waals surface area contributed by atoms with E-state index in [0.717, 1.165) is 18.2 Å². The van der Waals surface area contributed by atoms with Gasteiger partial charge in [0.15, 0.2) is 5.78 Å². The maximum Gasteiger partial charge on any atom is 0.227 e. The molecule has 0 aliphatic carbocycles. The summed E-state index contributed by atoms with van der Waals surface area (Å²) in [6, 6.07) is 3.02. The number of halogens is 2. The Bertz CT molecular complexity index is 540. The number of nitrogens with zero attached hydrogens (tertiary/aromatic N) is 1. The summed E-state index contributed by atoms with van der Waals surface area (Å²) < 4.78 is 26.5. The molecule has 1 saturated heterocycles. The van der Waals surface area contributed by atoms with Crippen LogP contribution in [0.25, 0.3) is 0 Å². The predicted octanol–water partition coefficient (Wildman–Crippen LogP) is 2.09. The minimum Gasteiger partial charge on any atom is -0.330 e. The van der Waals surface area contributed by atoms with Crippen molar-refractivity contribution in [2.45, 2.75) is 32.2 Å². The van der Waals surface area contributed by atoms with Crippen molar-refractivity contribution < 1.29 is 18.4 Å². The first-order chi connectivity index (χ1) is 8.79. The van der Waals surface area contributed by atoms with Crippen molar-refractivity contribution in [3.8, 4) is 0 Å². The van der Waals surface area contributed by atoms with Crippen LogP contribution >= 0.6 is 0 Å². The van der Waals surface area contributed by atoms with E-state index < -0.39 is 17.2 Å². The Balaban J connectivity index is 2.17. The normalized spacial score (nSPS) is 17.9. The lowest BCUT2D eigenvalue weighted by Crippen LogP contribution is -2.43. The van der Waals surface area contributed by atoms with Crippen molar-refractivity contribution in [3.63, 3.8) is 0 Å². The van der Waals surface area contributed by atoms with Crippen LogP contribution in [0.4, 0.5) is 8.78 Å². The lowest BCUT2D eigenvalue weighted by Gasteiger charge is -2.30. The molecule has 1 aromatic carbocycles. The highest BCUT2D eigenvalue weighted by Crippen LogP contribution is 2.27. The summed E-state index contributed by atoms with van der Waals surface area (Å²) in [5, 5.41) is 0. The second-order valence-electron chi connectivity index (χ2n) is 5.42. The van der Waals surface area contributed by atoms with Gasteiger partial charge >= 0.3 is 0 Å². The standard InChI is InChI=1S/C14H15F2NO2/c1-14(2)7-11(18)8-17(14)13(19)6-9-5-10(15)3-4-12(9)16/h3-5H,6-8H2,1-2H3. The number of Topliss-reactive ketones (excluding diaryl/α,β-unsaturated/α-hetero) is 1. The van der Waals surface area contributed by atoms with Gasteiger partial charge in [0.05, 0.1) is 13.0 Å². The minimum absolute atomic E-state index is 0.0140. The van der Waals surface area contributed by atoms with Crippen LogP contribution in [0.5, 0.6) is 0 Å². The van der Waals surface area contributed by atoms with Gasteiger partial charge in [-0.05, 0) is 32.0 Å². The third kappa shape index (κ3) is 2.80. The summed E-state index contributed by atoms with van der Waals surface area (Å²) in [4.78, 5) is 25.0. The van der Waals surface area contributed by atoms with Crippen molar-refractivity contribution in [3.05, 3.63) is 35.4 Å². The summed E-state index contributed by atoms with van der Waals surface area (Å²) in [5.74, 6) is -1.57. The molecule has 0 radical (unpaired) electrons. The van der Waals surface area contributed by atoms with Crippen molar-refractivity contribution in [2.24, 2.45) is 0 Å². The van der Waals surface area contributed by atoms with Gasteiger partial charge < -0.3 is 4.90 Å². The zero-order valence-electron chi connectivity index (χ0n) is 10.9. The van der Waals surface area contributed by atoms with Crippen LogP contribution in [0.2, 0.25) is 0 Å². The van der Waals surface area contributed by atoms with Crippen LogP contribution in [0.15, 0.2) is 18.2 Å². The van der Waals surface area contributed by atoms with Gasteiger partial charge in [-0.1, -0.05) is 0 Å². The molecule has 0 spiro atoms. The van der Waals surface area contributed by atoms with E-state index in [9.17, 15) is 18.4 Å². The van der Waals surface area contributed by atoms with Crippen LogP contribution in [0.3, 0.4) is 0 Å². The molecule has 0 saturated carbocycles. The zero-order valence-corrected chi connectivity index (χ0v) is 10.9. The van der Waals surface area contributed by atoms with E-state index in [1.165, 1.54) is 4.90 Å². The Hall–Kier alpha value is -1.78. The monoisotopic (exact) mass is 267 g/mol. The maximum absolute atomic E-state index is 13.5. The van der Waals surface area contributed by atoms with E-state index in [2.05, 4.69) is 0 Å². The number of benzene rings is 1. The molecule has 19 heavy (non-hydrogen) atoms. The molecule has 1 aromatic rings. The molecule has 2 rings (SSSR count). The highest BCUT2D eigenvalue weighted by molar-refractivity contribution is 5.91. The van der Waals surface area contributed by atoms with Gasteiger partial charge in [0.1, 0.15) is 11.6 Å². The Morgan fingerprint density at radius 1 is 1.37 bits per heavy atom. The van der Waals surface area contributed by atoms with E-state index in [-0.39, 0.29) is 30.2 Å². The van der Waals surface area contributed by atoms with E-state index in [0.29, 0.717) is 6.42 Å². The molecule has 1 fully saturated rings. The molecule has 102 valence electrons. The summed E-state index contributed by atoms with van der Waals surface area (Å²) in [6.07, 6.45) is 0.0602. The molecular weight excluding hydrogens is 252 g/mol. The number of ketones is 1. The molecular formula is C14H15F2NO2. The first kappa shape index (κ1) is 13.6. The summed E-state index contributed by atoms with van der Waals surface area (Å²) >= 11 is 0. The number of hydrogen-bond donors (Lipinski definition) is 0. The van der Waals surface area contributed by atoms with Gasteiger partial charge in [-0.25, -0.2) is 8.78 Å². The topological polar surface area (TPSA) is 37.4 Å². The number of carbonyl (C=O) groups excluding carboxylic acids is 2. The Kier molecular flexibility index (Phi) is 3.39. The van der Waals surface area contributed by atoms with Gasteiger partial charge in [0.2, 0.25) is 5.91 Å². The summed E-state index contributed by atoms with van der Waals surface area (Å²) in [6.45, 7) is 3.62. The fraction of sp³-hybridized carbons (Fsp3) is 0.429. The molecule has 1 amide bonds. The van der Waals surface area contributed by atoms with Gasteiger partial charge in [0.25, 0.3) is 0 Å². The number of rotatable bonds is 2. The summed E-state index contributed by atoms with van der Waals surface area (Å²) in [7, 11) is 0. The fourth-order valence-electron chi connectivity index (χ4n) is 2.39. The SMILES string of the molecule is CC1(C)CC(=O)CN1C(=O)Cc1cc(F)ccc1F. The molecule has 3 nitrogen and oxygen atoms in total. The van der Waals surface area contributed by atoms with Crippen LogP contribution in [-0.2, 0) is 16.0 Å². The van der Waals surface area contributed by atoms with Gasteiger partial charge in [0, 0.05) is 17.5 Å². The van der Waals surface area contributed by atoms with Crippen LogP contribution in [-0.4, -0.2) is 28.7 Å². The molecule has 0 bridgehead atoms. The van der Waals surface area contributed by atoms with Crippen LogP contribution < -0.4 is 0 Å².